The Morgan fingerprint density at radius 3 is 2.49 bits per heavy atom. The van der Waals surface area contributed by atoms with Crippen molar-refractivity contribution in [2.75, 3.05) is 52.4 Å². The smallest absolute Gasteiger partial charge is 0.310 e. The first-order valence-corrected chi connectivity index (χ1v) is 13.3. The lowest BCUT2D eigenvalue weighted by molar-refractivity contribution is -0.153. The Labute approximate surface area is 212 Å². The van der Waals surface area contributed by atoms with Crippen LogP contribution in [0.15, 0.2) is 24.3 Å². The van der Waals surface area contributed by atoms with Crippen molar-refractivity contribution in [3.05, 3.63) is 34.9 Å². The number of halogens is 1. The molecule has 0 radical (unpaired) electrons. The summed E-state index contributed by atoms with van der Waals surface area (Å²) in [6.07, 6.45) is 4.51. The van der Waals surface area contributed by atoms with Crippen LogP contribution in [-0.4, -0.2) is 97.0 Å². The molecule has 0 aromatic heterocycles. The molecular weight excluding hydrogens is 468 g/mol. The largest absolute Gasteiger partial charge is 0.466 e. The van der Waals surface area contributed by atoms with Crippen molar-refractivity contribution in [1.29, 1.82) is 0 Å². The van der Waals surface area contributed by atoms with Gasteiger partial charge in [-0.15, -0.1) is 0 Å². The topological polar surface area (TPSA) is 82.2 Å². The van der Waals surface area contributed by atoms with Gasteiger partial charge in [0, 0.05) is 56.8 Å². The van der Waals surface area contributed by atoms with Crippen LogP contribution in [0.3, 0.4) is 0 Å². The fraction of sp³-hybridized carbons (Fsp3) is 0.654. The van der Waals surface area contributed by atoms with Crippen molar-refractivity contribution in [2.45, 2.75) is 51.1 Å². The zero-order chi connectivity index (χ0) is 24.8. The van der Waals surface area contributed by atoms with E-state index in [4.69, 9.17) is 16.3 Å². The zero-order valence-electron chi connectivity index (χ0n) is 20.6. The number of nitrogens with zero attached hydrogens (tertiary/aromatic N) is 3. The van der Waals surface area contributed by atoms with Crippen molar-refractivity contribution in [3.63, 3.8) is 0 Å². The standard InChI is InChI=1S/C26H37ClN4O4/c1-2-35-26(34)21-5-3-4-6-22(21)29-13-15-30(16-14-29)25(33)23(31-12-11-28-18-24(31)32)17-19-7-9-20(27)10-8-19/h7-10,21-23,28H,2-6,11-18H2,1H3/t21-,22-,23?/m1/s1. The van der Waals surface area contributed by atoms with E-state index in [1.807, 2.05) is 36.1 Å². The van der Waals surface area contributed by atoms with Gasteiger partial charge in [0.25, 0.3) is 0 Å². The lowest BCUT2D eigenvalue weighted by Crippen LogP contribution is -2.61. The molecule has 0 spiro atoms. The lowest BCUT2D eigenvalue weighted by Gasteiger charge is -2.44. The summed E-state index contributed by atoms with van der Waals surface area (Å²) in [6, 6.07) is 7.14. The van der Waals surface area contributed by atoms with E-state index in [1.54, 1.807) is 4.90 Å². The highest BCUT2D eigenvalue weighted by Crippen LogP contribution is 2.30. The Morgan fingerprint density at radius 2 is 1.80 bits per heavy atom. The van der Waals surface area contributed by atoms with Gasteiger partial charge >= 0.3 is 5.97 Å². The minimum absolute atomic E-state index is 0.000405. The molecule has 2 heterocycles. The summed E-state index contributed by atoms with van der Waals surface area (Å²) >= 11 is 6.05. The van der Waals surface area contributed by atoms with E-state index in [0.29, 0.717) is 44.2 Å². The summed E-state index contributed by atoms with van der Waals surface area (Å²) in [4.78, 5) is 45.0. The second-order valence-corrected chi connectivity index (χ2v) is 10.1. The van der Waals surface area contributed by atoms with E-state index in [1.165, 1.54) is 0 Å². The molecule has 1 N–H and O–H groups in total. The predicted octanol–water partition coefficient (Wildman–Crippen LogP) is 1.95. The molecule has 2 saturated heterocycles. The molecule has 9 heteroatoms. The van der Waals surface area contributed by atoms with E-state index in [0.717, 1.165) is 44.3 Å². The second kappa shape index (κ2) is 12.2. The van der Waals surface area contributed by atoms with Crippen LogP contribution < -0.4 is 5.32 Å². The molecule has 3 aliphatic rings. The average molecular weight is 505 g/mol. The van der Waals surface area contributed by atoms with E-state index in [2.05, 4.69) is 10.2 Å². The summed E-state index contributed by atoms with van der Waals surface area (Å²) in [5.74, 6) is -0.208. The summed E-state index contributed by atoms with van der Waals surface area (Å²) < 4.78 is 5.35. The number of rotatable bonds is 7. The first kappa shape index (κ1) is 25.9. The molecular formula is C26H37ClN4O4. The third-order valence-corrected chi connectivity index (χ3v) is 7.80. The molecule has 1 saturated carbocycles. The molecule has 4 rings (SSSR count). The molecule has 192 valence electrons. The minimum Gasteiger partial charge on any atom is -0.466 e. The fourth-order valence-electron chi connectivity index (χ4n) is 5.68. The van der Waals surface area contributed by atoms with Crippen molar-refractivity contribution in [1.82, 2.24) is 20.0 Å². The van der Waals surface area contributed by atoms with Gasteiger partial charge < -0.3 is 19.9 Å². The normalized spacial score (nSPS) is 24.8. The fourth-order valence-corrected chi connectivity index (χ4v) is 5.81. The van der Waals surface area contributed by atoms with E-state index in [9.17, 15) is 14.4 Å². The highest BCUT2D eigenvalue weighted by molar-refractivity contribution is 6.30. The van der Waals surface area contributed by atoms with Gasteiger partial charge in [-0.1, -0.05) is 36.6 Å². The van der Waals surface area contributed by atoms with Crippen molar-refractivity contribution in [3.8, 4) is 0 Å². The summed E-state index contributed by atoms with van der Waals surface area (Å²) in [7, 11) is 0. The Hall–Kier alpha value is -2.16. The van der Waals surface area contributed by atoms with Gasteiger partial charge in [0.15, 0.2) is 0 Å². The Balaban J connectivity index is 1.43. The van der Waals surface area contributed by atoms with Gasteiger partial charge in [0.05, 0.1) is 19.1 Å². The number of esters is 1. The minimum atomic E-state index is -0.528. The average Bonchev–Trinajstić information content (AvgIpc) is 2.89. The van der Waals surface area contributed by atoms with Crippen molar-refractivity contribution >= 4 is 29.4 Å². The zero-order valence-corrected chi connectivity index (χ0v) is 21.3. The van der Waals surface area contributed by atoms with Crippen molar-refractivity contribution < 1.29 is 19.1 Å². The Kier molecular flexibility index (Phi) is 9.03. The molecule has 2 aliphatic heterocycles. The molecule has 35 heavy (non-hydrogen) atoms. The molecule has 1 aliphatic carbocycles. The van der Waals surface area contributed by atoms with Gasteiger partial charge in [0.2, 0.25) is 11.8 Å². The van der Waals surface area contributed by atoms with Crippen LogP contribution in [0.2, 0.25) is 5.02 Å². The Morgan fingerprint density at radius 1 is 1.09 bits per heavy atom. The third-order valence-electron chi connectivity index (χ3n) is 7.54. The lowest BCUT2D eigenvalue weighted by atomic mass is 9.83. The summed E-state index contributed by atoms with van der Waals surface area (Å²) in [6.45, 7) is 6.38. The maximum atomic E-state index is 13.7. The van der Waals surface area contributed by atoms with Gasteiger partial charge in [-0.05, 0) is 37.5 Å². The molecule has 3 atom stereocenters. The number of amides is 2. The highest BCUT2D eigenvalue weighted by atomic mass is 35.5. The number of benzene rings is 1. The molecule has 0 bridgehead atoms. The molecule has 8 nitrogen and oxygen atoms in total. The van der Waals surface area contributed by atoms with Crippen LogP contribution in [-0.2, 0) is 25.5 Å². The first-order chi connectivity index (χ1) is 17.0. The van der Waals surface area contributed by atoms with Crippen LogP contribution in [0, 0.1) is 5.92 Å². The third kappa shape index (κ3) is 6.35. The predicted molar refractivity (Wildman–Crippen MR) is 134 cm³/mol. The first-order valence-electron chi connectivity index (χ1n) is 12.9. The van der Waals surface area contributed by atoms with Gasteiger partial charge in [-0.3, -0.25) is 19.3 Å². The number of hydrogen-bond acceptors (Lipinski definition) is 6. The van der Waals surface area contributed by atoms with Gasteiger partial charge in [-0.2, -0.15) is 0 Å². The maximum Gasteiger partial charge on any atom is 0.310 e. The molecule has 1 aromatic rings. The van der Waals surface area contributed by atoms with E-state index >= 15 is 0 Å². The molecule has 1 unspecified atom stereocenters. The van der Waals surface area contributed by atoms with Crippen LogP contribution in [0.4, 0.5) is 0 Å². The monoisotopic (exact) mass is 504 g/mol. The summed E-state index contributed by atoms with van der Waals surface area (Å²) in [5.41, 5.74) is 0.984. The van der Waals surface area contributed by atoms with Crippen LogP contribution in [0.5, 0.6) is 0 Å². The number of hydrogen-bond donors (Lipinski definition) is 1. The van der Waals surface area contributed by atoms with Crippen LogP contribution in [0.1, 0.15) is 38.2 Å². The molecule has 1 aromatic carbocycles. The number of carbonyl (C=O) groups is 3. The summed E-state index contributed by atoms with van der Waals surface area (Å²) in [5, 5.41) is 3.74. The molecule has 2 amide bonds. The maximum absolute atomic E-state index is 13.7. The van der Waals surface area contributed by atoms with Crippen molar-refractivity contribution in [2.24, 2.45) is 5.92 Å². The highest BCUT2D eigenvalue weighted by Gasteiger charge is 2.39. The van der Waals surface area contributed by atoms with E-state index in [-0.39, 0.29) is 36.3 Å². The molecule has 3 fully saturated rings. The number of piperazine rings is 2. The quantitative estimate of drug-likeness (QED) is 0.572. The second-order valence-electron chi connectivity index (χ2n) is 9.68. The number of ether oxygens (including phenoxy) is 1. The van der Waals surface area contributed by atoms with Gasteiger partial charge in [0.1, 0.15) is 6.04 Å². The van der Waals surface area contributed by atoms with E-state index < -0.39 is 6.04 Å². The van der Waals surface area contributed by atoms with Crippen LogP contribution in [0.25, 0.3) is 0 Å². The number of carbonyl (C=O) groups excluding carboxylic acids is 3. The SMILES string of the molecule is CCOC(=O)[C@@H]1CCCC[C@H]1N1CCN(C(=O)C(Cc2ccc(Cl)cc2)N2CCNCC2=O)CC1. The van der Waals surface area contributed by atoms with Crippen LogP contribution >= 0.6 is 11.6 Å². The van der Waals surface area contributed by atoms with Gasteiger partial charge in [-0.25, -0.2) is 0 Å². The Bertz CT molecular complexity index is 888. The number of nitrogens with one attached hydrogen (secondary N) is 1.